The van der Waals surface area contributed by atoms with Gasteiger partial charge in [0.2, 0.25) is 5.91 Å². The minimum absolute atomic E-state index is 0.0615. The molecule has 0 N–H and O–H groups in total. The van der Waals surface area contributed by atoms with Gasteiger partial charge in [-0.2, -0.15) is 0 Å². The van der Waals surface area contributed by atoms with E-state index in [1.807, 2.05) is 71.8 Å². The second-order valence-corrected chi connectivity index (χ2v) is 7.58. The van der Waals surface area contributed by atoms with E-state index in [1.165, 1.54) is 5.56 Å². The van der Waals surface area contributed by atoms with Gasteiger partial charge in [0.1, 0.15) is 11.5 Å². The van der Waals surface area contributed by atoms with E-state index in [0.29, 0.717) is 26.1 Å². The van der Waals surface area contributed by atoms with E-state index in [0.717, 1.165) is 21.9 Å². The number of nitrogens with zero attached hydrogens (tertiary/aromatic N) is 1. The fraction of sp³-hybridized carbons (Fsp3) is 0.261. The van der Waals surface area contributed by atoms with Crippen LogP contribution in [-0.2, 0) is 17.9 Å². The number of rotatable bonds is 9. The quantitative estimate of drug-likeness (QED) is 0.508. The Morgan fingerprint density at radius 1 is 1.00 bits per heavy atom. The van der Waals surface area contributed by atoms with E-state index in [2.05, 4.69) is 6.07 Å². The van der Waals surface area contributed by atoms with E-state index < -0.39 is 0 Å². The minimum atomic E-state index is 0.0615. The predicted molar refractivity (Wildman–Crippen MR) is 113 cm³/mol. The molecular formula is C23H25NO3S. The lowest BCUT2D eigenvalue weighted by Crippen LogP contribution is -2.31. The lowest BCUT2D eigenvalue weighted by atomic mass is 10.1. The first-order valence-electron chi connectivity index (χ1n) is 9.27. The highest BCUT2D eigenvalue weighted by Crippen LogP contribution is 2.22. The molecule has 0 bridgehead atoms. The topological polar surface area (TPSA) is 38.8 Å². The molecule has 2 aromatic carbocycles. The number of benzene rings is 2. The summed E-state index contributed by atoms with van der Waals surface area (Å²) in [6, 6.07) is 19.7. The van der Waals surface area contributed by atoms with Gasteiger partial charge < -0.3 is 14.4 Å². The van der Waals surface area contributed by atoms with Crippen LogP contribution in [0.4, 0.5) is 0 Å². The Kier molecular flexibility index (Phi) is 7.09. The highest BCUT2D eigenvalue weighted by atomic mass is 32.1. The van der Waals surface area contributed by atoms with E-state index >= 15 is 0 Å². The second kappa shape index (κ2) is 9.95. The standard InChI is InChI=1S/C23H25NO3S/c1-18-9-11-20(12-10-18)27-14-13-23(25)24(17-21-7-5-15-28-21)16-19-6-3-4-8-22(19)26-2/h3-12,15H,13-14,16-17H2,1-2H3. The fourth-order valence-electron chi connectivity index (χ4n) is 2.91. The first kappa shape index (κ1) is 20.0. The van der Waals surface area contributed by atoms with Crippen LogP contribution in [0.5, 0.6) is 11.5 Å². The zero-order valence-corrected chi connectivity index (χ0v) is 17.1. The first-order chi connectivity index (χ1) is 13.7. The van der Waals surface area contributed by atoms with Crippen molar-refractivity contribution >= 4 is 17.2 Å². The molecule has 1 heterocycles. The third-order valence-electron chi connectivity index (χ3n) is 4.44. The van der Waals surface area contributed by atoms with Crippen molar-refractivity contribution in [1.82, 2.24) is 4.90 Å². The van der Waals surface area contributed by atoms with Crippen LogP contribution >= 0.6 is 11.3 Å². The van der Waals surface area contributed by atoms with E-state index in [1.54, 1.807) is 18.4 Å². The summed E-state index contributed by atoms with van der Waals surface area (Å²) in [5, 5.41) is 2.03. The maximum Gasteiger partial charge on any atom is 0.226 e. The first-order valence-corrected chi connectivity index (χ1v) is 10.1. The van der Waals surface area contributed by atoms with Crippen LogP contribution in [0.25, 0.3) is 0 Å². The average Bonchev–Trinajstić information content (AvgIpc) is 3.22. The summed E-state index contributed by atoms with van der Waals surface area (Å²) in [6.45, 7) is 3.48. The van der Waals surface area contributed by atoms with Crippen LogP contribution < -0.4 is 9.47 Å². The summed E-state index contributed by atoms with van der Waals surface area (Å²) in [5.74, 6) is 1.64. The van der Waals surface area contributed by atoms with Crippen molar-refractivity contribution in [2.45, 2.75) is 26.4 Å². The molecule has 1 amide bonds. The summed E-state index contributed by atoms with van der Waals surface area (Å²) < 4.78 is 11.2. The number of amides is 1. The molecule has 0 saturated carbocycles. The average molecular weight is 396 g/mol. The van der Waals surface area contributed by atoms with Gasteiger partial charge >= 0.3 is 0 Å². The molecule has 0 fully saturated rings. The van der Waals surface area contributed by atoms with Crippen LogP contribution in [0, 0.1) is 6.92 Å². The molecule has 5 heteroatoms. The second-order valence-electron chi connectivity index (χ2n) is 6.55. The maximum absolute atomic E-state index is 12.9. The van der Waals surface area contributed by atoms with Gasteiger partial charge in [0.05, 0.1) is 26.7 Å². The summed E-state index contributed by atoms with van der Waals surface area (Å²) in [4.78, 5) is 15.9. The Morgan fingerprint density at radius 3 is 2.50 bits per heavy atom. The number of methoxy groups -OCH3 is 1. The highest BCUT2D eigenvalue weighted by Gasteiger charge is 2.17. The summed E-state index contributed by atoms with van der Waals surface area (Å²) in [5.41, 5.74) is 2.18. The molecule has 0 spiro atoms. The molecule has 0 saturated heterocycles. The molecule has 0 aliphatic heterocycles. The smallest absolute Gasteiger partial charge is 0.226 e. The maximum atomic E-state index is 12.9. The largest absolute Gasteiger partial charge is 0.496 e. The van der Waals surface area contributed by atoms with Crippen molar-refractivity contribution in [3.8, 4) is 11.5 Å². The molecule has 28 heavy (non-hydrogen) atoms. The number of ether oxygens (including phenoxy) is 2. The fourth-order valence-corrected chi connectivity index (χ4v) is 3.63. The van der Waals surface area contributed by atoms with E-state index in [9.17, 15) is 4.79 Å². The van der Waals surface area contributed by atoms with Crippen molar-refractivity contribution < 1.29 is 14.3 Å². The zero-order valence-electron chi connectivity index (χ0n) is 16.3. The summed E-state index contributed by atoms with van der Waals surface area (Å²) >= 11 is 1.65. The van der Waals surface area contributed by atoms with Gasteiger partial charge in [-0.15, -0.1) is 11.3 Å². The lowest BCUT2D eigenvalue weighted by Gasteiger charge is -2.23. The van der Waals surface area contributed by atoms with Gasteiger partial charge in [0.15, 0.2) is 0 Å². The third kappa shape index (κ3) is 5.60. The summed E-state index contributed by atoms with van der Waals surface area (Å²) in [6.07, 6.45) is 0.328. The third-order valence-corrected chi connectivity index (χ3v) is 5.30. The van der Waals surface area contributed by atoms with Crippen molar-refractivity contribution in [3.05, 3.63) is 82.0 Å². The number of para-hydroxylation sites is 1. The lowest BCUT2D eigenvalue weighted by molar-refractivity contribution is -0.133. The van der Waals surface area contributed by atoms with E-state index in [4.69, 9.17) is 9.47 Å². The van der Waals surface area contributed by atoms with Crippen LogP contribution in [0.15, 0.2) is 66.0 Å². The molecule has 0 atom stereocenters. The number of thiophene rings is 1. The molecule has 0 unspecified atom stereocenters. The molecule has 4 nitrogen and oxygen atoms in total. The van der Waals surface area contributed by atoms with Gasteiger partial charge in [-0.1, -0.05) is 42.0 Å². The normalized spacial score (nSPS) is 10.5. The van der Waals surface area contributed by atoms with Gasteiger partial charge in [0, 0.05) is 17.0 Å². The SMILES string of the molecule is COc1ccccc1CN(Cc1cccs1)C(=O)CCOc1ccc(C)cc1. The van der Waals surface area contributed by atoms with Crippen molar-refractivity contribution in [2.24, 2.45) is 0 Å². The van der Waals surface area contributed by atoms with Crippen molar-refractivity contribution in [2.75, 3.05) is 13.7 Å². The Hall–Kier alpha value is -2.79. The molecule has 1 aromatic heterocycles. The number of hydrogen-bond acceptors (Lipinski definition) is 4. The zero-order chi connectivity index (χ0) is 19.8. The Balaban J connectivity index is 1.65. The molecule has 146 valence electrons. The minimum Gasteiger partial charge on any atom is -0.496 e. The molecule has 3 aromatic rings. The molecule has 0 aliphatic carbocycles. The molecular weight excluding hydrogens is 370 g/mol. The Labute approximate surface area is 170 Å². The van der Waals surface area contributed by atoms with Crippen LogP contribution in [0.3, 0.4) is 0 Å². The number of aryl methyl sites for hydroxylation is 1. The van der Waals surface area contributed by atoms with Gasteiger partial charge in [-0.25, -0.2) is 0 Å². The molecule has 0 aliphatic rings. The number of hydrogen-bond donors (Lipinski definition) is 0. The van der Waals surface area contributed by atoms with Gasteiger partial charge in [0.25, 0.3) is 0 Å². The number of carbonyl (C=O) groups excluding carboxylic acids is 1. The Morgan fingerprint density at radius 2 is 1.79 bits per heavy atom. The van der Waals surface area contributed by atoms with Crippen LogP contribution in [-0.4, -0.2) is 24.5 Å². The molecule has 0 radical (unpaired) electrons. The predicted octanol–water partition coefficient (Wildman–Crippen LogP) is 5.06. The summed E-state index contributed by atoms with van der Waals surface area (Å²) in [7, 11) is 1.65. The molecule has 3 rings (SSSR count). The Bertz CT molecular complexity index is 875. The monoisotopic (exact) mass is 395 g/mol. The van der Waals surface area contributed by atoms with Crippen molar-refractivity contribution in [3.63, 3.8) is 0 Å². The van der Waals surface area contributed by atoms with Gasteiger partial charge in [-0.05, 0) is 36.6 Å². The van der Waals surface area contributed by atoms with Gasteiger partial charge in [-0.3, -0.25) is 4.79 Å². The van der Waals surface area contributed by atoms with Crippen molar-refractivity contribution in [1.29, 1.82) is 0 Å². The van der Waals surface area contributed by atoms with Crippen LogP contribution in [0.2, 0.25) is 0 Å². The van der Waals surface area contributed by atoms with Crippen LogP contribution in [0.1, 0.15) is 22.4 Å². The van der Waals surface area contributed by atoms with E-state index in [-0.39, 0.29) is 5.91 Å². The highest BCUT2D eigenvalue weighted by molar-refractivity contribution is 7.09. The number of carbonyl (C=O) groups is 1.